The van der Waals surface area contributed by atoms with Gasteiger partial charge in [-0.25, -0.2) is 0 Å². The van der Waals surface area contributed by atoms with Gasteiger partial charge in [0.05, 0.1) is 12.2 Å². The second-order valence-electron chi connectivity index (χ2n) is 5.28. The lowest BCUT2D eigenvalue weighted by atomic mass is 9.89. The average molecular weight is 245 g/mol. The summed E-state index contributed by atoms with van der Waals surface area (Å²) in [4.78, 5) is 4.50. The van der Waals surface area contributed by atoms with Gasteiger partial charge in [-0.15, -0.1) is 0 Å². The van der Waals surface area contributed by atoms with Crippen LogP contribution in [0.2, 0.25) is 0 Å². The molecule has 4 heterocycles. The van der Waals surface area contributed by atoms with Crippen molar-refractivity contribution in [2.24, 2.45) is 0 Å². The van der Waals surface area contributed by atoms with Crippen LogP contribution < -0.4 is 5.32 Å². The molecule has 0 radical (unpaired) electrons. The molecule has 2 aromatic rings. The molecule has 5 nitrogen and oxygen atoms in total. The number of fused-ring (bicyclic) bond motifs is 2. The lowest BCUT2D eigenvalue weighted by molar-refractivity contribution is 0.329. The van der Waals surface area contributed by atoms with Crippen molar-refractivity contribution in [1.82, 2.24) is 15.5 Å². The summed E-state index contributed by atoms with van der Waals surface area (Å²) in [5, 5.41) is 7.62. The molecule has 94 valence electrons. The summed E-state index contributed by atoms with van der Waals surface area (Å²) in [6.45, 7) is 1.98. The summed E-state index contributed by atoms with van der Waals surface area (Å²) < 4.78 is 10.8. The fourth-order valence-electron chi connectivity index (χ4n) is 3.18. The Morgan fingerprint density at radius 1 is 1.39 bits per heavy atom. The van der Waals surface area contributed by atoms with E-state index in [0.29, 0.717) is 29.6 Å². The molecular formula is C13H15N3O2. The van der Waals surface area contributed by atoms with E-state index in [1.54, 1.807) is 6.26 Å². The molecule has 3 atom stereocenters. The maximum atomic E-state index is 5.42. The first kappa shape index (κ1) is 10.3. The van der Waals surface area contributed by atoms with E-state index in [1.807, 2.05) is 13.0 Å². The molecule has 5 heteroatoms. The van der Waals surface area contributed by atoms with Crippen LogP contribution in [-0.2, 0) is 0 Å². The molecule has 2 fully saturated rings. The molecular weight excluding hydrogens is 230 g/mol. The first-order valence-corrected chi connectivity index (χ1v) is 6.45. The highest BCUT2D eigenvalue weighted by atomic mass is 16.5. The zero-order valence-corrected chi connectivity index (χ0v) is 10.2. The summed E-state index contributed by atoms with van der Waals surface area (Å²) in [5.41, 5.74) is 1.04. The topological polar surface area (TPSA) is 64.1 Å². The van der Waals surface area contributed by atoms with Crippen LogP contribution in [0.1, 0.15) is 36.6 Å². The maximum absolute atomic E-state index is 5.42. The Morgan fingerprint density at radius 3 is 3.00 bits per heavy atom. The minimum Gasteiger partial charge on any atom is -0.461 e. The zero-order chi connectivity index (χ0) is 12.1. The van der Waals surface area contributed by atoms with Crippen LogP contribution in [0.4, 0.5) is 0 Å². The molecule has 2 aliphatic rings. The molecule has 3 unspecified atom stereocenters. The number of hydrogen-bond acceptors (Lipinski definition) is 5. The van der Waals surface area contributed by atoms with E-state index in [1.165, 1.54) is 12.8 Å². The van der Waals surface area contributed by atoms with Crippen LogP contribution in [0.5, 0.6) is 0 Å². The molecule has 18 heavy (non-hydrogen) atoms. The van der Waals surface area contributed by atoms with Crippen LogP contribution in [0.25, 0.3) is 11.6 Å². The van der Waals surface area contributed by atoms with Crippen molar-refractivity contribution in [3.05, 3.63) is 23.8 Å². The van der Waals surface area contributed by atoms with Crippen molar-refractivity contribution >= 4 is 0 Å². The van der Waals surface area contributed by atoms with Crippen molar-refractivity contribution in [3.8, 4) is 11.6 Å². The van der Waals surface area contributed by atoms with Crippen LogP contribution in [-0.4, -0.2) is 22.2 Å². The largest absolute Gasteiger partial charge is 0.461 e. The molecule has 0 aliphatic carbocycles. The second kappa shape index (κ2) is 3.68. The van der Waals surface area contributed by atoms with E-state index in [2.05, 4.69) is 15.5 Å². The minimum atomic E-state index is 0.375. The monoisotopic (exact) mass is 245 g/mol. The number of aromatic nitrogens is 2. The summed E-state index contributed by atoms with van der Waals surface area (Å²) in [7, 11) is 0. The van der Waals surface area contributed by atoms with E-state index in [4.69, 9.17) is 8.94 Å². The first-order valence-electron chi connectivity index (χ1n) is 6.45. The predicted molar refractivity (Wildman–Crippen MR) is 64.0 cm³/mol. The van der Waals surface area contributed by atoms with Gasteiger partial charge in [-0.2, -0.15) is 4.98 Å². The molecule has 0 spiro atoms. The molecule has 2 aromatic heterocycles. The SMILES string of the molecule is Cc1ccoc1-c1noc(C2CC3CCC2N3)n1. The highest BCUT2D eigenvalue weighted by molar-refractivity contribution is 5.51. The van der Waals surface area contributed by atoms with Gasteiger partial charge < -0.3 is 14.3 Å². The van der Waals surface area contributed by atoms with Crippen LogP contribution >= 0.6 is 0 Å². The number of hydrogen-bond donors (Lipinski definition) is 1. The summed E-state index contributed by atoms with van der Waals surface area (Å²) >= 11 is 0. The Balaban J connectivity index is 1.65. The number of nitrogens with one attached hydrogen (secondary N) is 1. The van der Waals surface area contributed by atoms with Gasteiger partial charge in [0.25, 0.3) is 0 Å². The number of aryl methyl sites for hydroxylation is 1. The fraction of sp³-hybridized carbons (Fsp3) is 0.538. The number of nitrogens with zero attached hydrogens (tertiary/aromatic N) is 2. The third-order valence-electron chi connectivity index (χ3n) is 4.12. The normalized spacial score (nSPS) is 30.2. The van der Waals surface area contributed by atoms with Gasteiger partial charge >= 0.3 is 0 Å². The van der Waals surface area contributed by atoms with Crippen molar-refractivity contribution in [2.75, 3.05) is 0 Å². The van der Waals surface area contributed by atoms with Gasteiger partial charge in [-0.3, -0.25) is 0 Å². The van der Waals surface area contributed by atoms with Crippen molar-refractivity contribution in [1.29, 1.82) is 0 Å². The molecule has 0 saturated carbocycles. The molecule has 2 aliphatic heterocycles. The first-order chi connectivity index (χ1) is 8.81. The van der Waals surface area contributed by atoms with Gasteiger partial charge in [0.2, 0.25) is 11.7 Å². The second-order valence-corrected chi connectivity index (χ2v) is 5.28. The predicted octanol–water partition coefficient (Wildman–Crippen LogP) is 2.25. The molecule has 2 saturated heterocycles. The van der Waals surface area contributed by atoms with E-state index in [0.717, 1.165) is 17.9 Å². The molecule has 1 N–H and O–H groups in total. The van der Waals surface area contributed by atoms with E-state index in [9.17, 15) is 0 Å². The van der Waals surface area contributed by atoms with Crippen LogP contribution in [0.15, 0.2) is 21.3 Å². The van der Waals surface area contributed by atoms with E-state index >= 15 is 0 Å². The van der Waals surface area contributed by atoms with E-state index in [-0.39, 0.29) is 0 Å². The van der Waals surface area contributed by atoms with Gasteiger partial charge in [0.15, 0.2) is 5.76 Å². The van der Waals surface area contributed by atoms with Gasteiger partial charge in [0, 0.05) is 12.1 Å². The number of rotatable bonds is 2. The Hall–Kier alpha value is -1.62. The molecule has 4 rings (SSSR count). The summed E-state index contributed by atoms with van der Waals surface area (Å²) in [5.74, 6) is 2.40. The standard InChI is InChI=1S/C13H15N3O2/c1-7-4-5-17-11(7)12-15-13(18-16-12)9-6-8-2-3-10(9)14-8/h4-5,8-10,14H,2-3,6H2,1H3. The summed E-state index contributed by atoms with van der Waals surface area (Å²) in [6.07, 6.45) is 5.26. The smallest absolute Gasteiger partial charge is 0.238 e. The van der Waals surface area contributed by atoms with Gasteiger partial charge in [-0.05, 0) is 37.8 Å². The Labute approximate surface area is 105 Å². The van der Waals surface area contributed by atoms with Crippen molar-refractivity contribution in [2.45, 2.75) is 44.2 Å². The summed E-state index contributed by atoms with van der Waals surface area (Å²) in [6, 6.07) is 3.06. The Kier molecular flexibility index (Phi) is 2.11. The maximum Gasteiger partial charge on any atom is 0.238 e. The minimum absolute atomic E-state index is 0.375. The lowest BCUT2D eigenvalue weighted by Gasteiger charge is -2.15. The third kappa shape index (κ3) is 1.43. The van der Waals surface area contributed by atoms with Gasteiger partial charge in [-0.1, -0.05) is 5.16 Å². The van der Waals surface area contributed by atoms with Crippen molar-refractivity contribution < 1.29 is 8.94 Å². The number of furan rings is 1. The lowest BCUT2D eigenvalue weighted by Crippen LogP contribution is -2.21. The van der Waals surface area contributed by atoms with Crippen molar-refractivity contribution in [3.63, 3.8) is 0 Å². The molecule has 0 aromatic carbocycles. The Morgan fingerprint density at radius 2 is 2.33 bits per heavy atom. The third-order valence-corrected chi connectivity index (χ3v) is 4.12. The molecule has 0 amide bonds. The molecule has 2 bridgehead atoms. The average Bonchev–Trinajstić information content (AvgIpc) is 3.12. The highest BCUT2D eigenvalue weighted by Crippen LogP contribution is 2.39. The van der Waals surface area contributed by atoms with Crippen LogP contribution in [0.3, 0.4) is 0 Å². The van der Waals surface area contributed by atoms with E-state index < -0.39 is 0 Å². The zero-order valence-electron chi connectivity index (χ0n) is 10.2. The highest BCUT2D eigenvalue weighted by Gasteiger charge is 2.42. The van der Waals surface area contributed by atoms with Gasteiger partial charge in [0.1, 0.15) is 0 Å². The Bertz CT molecular complexity index is 574. The van der Waals surface area contributed by atoms with Crippen LogP contribution in [0, 0.1) is 6.92 Å². The fourth-order valence-corrected chi connectivity index (χ4v) is 3.18. The quantitative estimate of drug-likeness (QED) is 0.879.